The number of hydrogen-bond acceptors (Lipinski definition) is 5. The van der Waals surface area contributed by atoms with Crippen LogP contribution in [0.5, 0.6) is 11.5 Å². The number of ether oxygens (including phenoxy) is 2. The van der Waals surface area contributed by atoms with E-state index in [1.807, 2.05) is 32.9 Å². The molecule has 0 radical (unpaired) electrons. The van der Waals surface area contributed by atoms with Gasteiger partial charge in [-0.15, -0.1) is 0 Å². The predicted molar refractivity (Wildman–Crippen MR) is 123 cm³/mol. The molecule has 0 saturated heterocycles. The van der Waals surface area contributed by atoms with E-state index in [-0.39, 0.29) is 5.11 Å². The minimum absolute atomic E-state index is 0.0447. The number of benzene rings is 2. The van der Waals surface area contributed by atoms with E-state index in [0.29, 0.717) is 28.1 Å². The Balaban J connectivity index is 1.84. The molecule has 2 aromatic carbocycles. The van der Waals surface area contributed by atoms with Gasteiger partial charge in [-0.3, -0.25) is 25.8 Å². The summed E-state index contributed by atoms with van der Waals surface area (Å²) in [5.41, 5.74) is 7.52. The van der Waals surface area contributed by atoms with Crippen molar-refractivity contribution >= 4 is 45.1 Å². The lowest BCUT2D eigenvalue weighted by Crippen LogP contribution is -2.51. The maximum atomic E-state index is 12.3. The molecule has 0 saturated carbocycles. The van der Waals surface area contributed by atoms with E-state index < -0.39 is 17.9 Å². The molecule has 0 fully saturated rings. The summed E-state index contributed by atoms with van der Waals surface area (Å²) >= 11 is 8.42. The number of carbonyl (C=O) groups excluding carboxylic acids is 2. The number of hydrazine groups is 1. The Bertz CT molecular complexity index is 952. The van der Waals surface area contributed by atoms with E-state index in [2.05, 4.69) is 32.1 Å². The van der Waals surface area contributed by atoms with Crippen LogP contribution in [-0.4, -0.2) is 29.6 Å². The first kappa shape index (κ1) is 23.6. The minimum atomic E-state index is -0.764. The molecule has 0 aromatic heterocycles. The average molecular weight is 494 g/mol. The fourth-order valence-electron chi connectivity index (χ4n) is 2.39. The number of amides is 2. The molecule has 0 bridgehead atoms. The van der Waals surface area contributed by atoms with Crippen LogP contribution in [0.1, 0.15) is 35.3 Å². The molecule has 2 aromatic rings. The largest absolute Gasteiger partial charge is 0.493 e. The van der Waals surface area contributed by atoms with E-state index in [9.17, 15) is 9.59 Å². The van der Waals surface area contributed by atoms with Gasteiger partial charge in [0.05, 0.1) is 11.1 Å². The number of hydrogen-bond donors (Lipinski definition) is 3. The molecule has 1 atom stereocenters. The monoisotopic (exact) mass is 493 g/mol. The van der Waals surface area contributed by atoms with Crippen LogP contribution in [0.3, 0.4) is 0 Å². The Morgan fingerprint density at radius 2 is 1.83 bits per heavy atom. The third-order valence-electron chi connectivity index (χ3n) is 4.18. The Morgan fingerprint density at radius 3 is 2.47 bits per heavy atom. The topological polar surface area (TPSA) is 88.7 Å². The van der Waals surface area contributed by atoms with Gasteiger partial charge in [-0.1, -0.05) is 6.07 Å². The number of halogens is 1. The first-order chi connectivity index (χ1) is 14.2. The third-order valence-corrected chi connectivity index (χ3v) is 5.00. The average Bonchev–Trinajstić information content (AvgIpc) is 2.70. The summed E-state index contributed by atoms with van der Waals surface area (Å²) in [6.45, 7) is 7.98. The Labute approximate surface area is 189 Å². The molecule has 0 aliphatic heterocycles. The van der Waals surface area contributed by atoms with Crippen LogP contribution >= 0.6 is 28.1 Å². The van der Waals surface area contributed by atoms with Crippen molar-refractivity contribution in [1.82, 2.24) is 16.2 Å². The molecule has 1 unspecified atom stereocenters. The van der Waals surface area contributed by atoms with Gasteiger partial charge in [-0.05, 0) is 97.3 Å². The van der Waals surface area contributed by atoms with Crippen molar-refractivity contribution in [2.45, 2.75) is 33.8 Å². The number of nitrogens with one attached hydrogen (secondary N) is 3. The minimum Gasteiger partial charge on any atom is -0.493 e. The van der Waals surface area contributed by atoms with Gasteiger partial charge >= 0.3 is 0 Å². The van der Waals surface area contributed by atoms with Crippen LogP contribution in [0.2, 0.25) is 0 Å². The van der Waals surface area contributed by atoms with Crippen LogP contribution in [0.15, 0.2) is 40.9 Å². The molecule has 30 heavy (non-hydrogen) atoms. The van der Waals surface area contributed by atoms with Gasteiger partial charge in [-0.2, -0.15) is 0 Å². The molecule has 2 rings (SSSR count). The van der Waals surface area contributed by atoms with E-state index in [1.165, 1.54) is 0 Å². The van der Waals surface area contributed by atoms with Gasteiger partial charge < -0.3 is 9.47 Å². The standard InChI is InChI=1S/C21H24BrN3O4S/c1-5-28-18-9-7-15(11-17(18)22)20(27)23-21(30)25-24-19(26)14(4)29-16-8-6-12(2)13(3)10-16/h6-11,14H,5H2,1-4H3,(H,24,26)(H2,23,25,27,30). The first-order valence-corrected chi connectivity index (χ1v) is 10.5. The van der Waals surface area contributed by atoms with Gasteiger partial charge in [0.25, 0.3) is 11.8 Å². The lowest BCUT2D eigenvalue weighted by molar-refractivity contribution is -0.127. The summed E-state index contributed by atoms with van der Waals surface area (Å²) in [6, 6.07) is 10.5. The third kappa shape index (κ3) is 6.70. The van der Waals surface area contributed by atoms with Crippen molar-refractivity contribution in [2.24, 2.45) is 0 Å². The second kappa shape index (κ2) is 10.9. The maximum Gasteiger partial charge on any atom is 0.279 e. The highest BCUT2D eigenvalue weighted by Crippen LogP contribution is 2.26. The van der Waals surface area contributed by atoms with E-state index >= 15 is 0 Å². The molecule has 3 N–H and O–H groups in total. The van der Waals surface area contributed by atoms with E-state index in [1.54, 1.807) is 31.2 Å². The van der Waals surface area contributed by atoms with E-state index in [0.717, 1.165) is 11.1 Å². The SMILES string of the molecule is CCOc1ccc(C(=O)NC(=S)NNC(=O)C(C)Oc2ccc(C)c(C)c2)cc1Br. The second-order valence-electron chi connectivity index (χ2n) is 6.48. The van der Waals surface area contributed by atoms with Gasteiger partial charge in [0.2, 0.25) is 0 Å². The van der Waals surface area contributed by atoms with Crippen LogP contribution in [0, 0.1) is 13.8 Å². The fourth-order valence-corrected chi connectivity index (χ4v) is 3.02. The summed E-state index contributed by atoms with van der Waals surface area (Å²) in [7, 11) is 0. The molecule has 0 aliphatic carbocycles. The summed E-state index contributed by atoms with van der Waals surface area (Å²) in [4.78, 5) is 24.5. The first-order valence-electron chi connectivity index (χ1n) is 9.28. The number of thiocarbonyl (C=S) groups is 1. The van der Waals surface area contributed by atoms with E-state index in [4.69, 9.17) is 21.7 Å². The number of aryl methyl sites for hydroxylation is 2. The van der Waals surface area contributed by atoms with Crippen LogP contribution in [0.4, 0.5) is 0 Å². The fraction of sp³-hybridized carbons (Fsp3) is 0.286. The van der Waals surface area contributed by atoms with Gasteiger partial charge in [0, 0.05) is 5.56 Å². The Morgan fingerprint density at radius 1 is 1.10 bits per heavy atom. The zero-order chi connectivity index (χ0) is 22.3. The van der Waals surface area contributed by atoms with Crippen molar-refractivity contribution in [1.29, 1.82) is 0 Å². The number of carbonyl (C=O) groups is 2. The highest BCUT2D eigenvalue weighted by Gasteiger charge is 2.16. The molecular formula is C21H24BrN3O4S. The summed E-state index contributed by atoms with van der Waals surface area (Å²) < 4.78 is 11.7. The summed E-state index contributed by atoms with van der Waals surface area (Å²) in [5, 5.41) is 2.45. The van der Waals surface area contributed by atoms with Crippen molar-refractivity contribution in [3.05, 3.63) is 57.6 Å². The van der Waals surface area contributed by atoms with Crippen LogP contribution < -0.4 is 25.6 Å². The summed E-state index contributed by atoms with van der Waals surface area (Å²) in [6.07, 6.45) is -0.764. The zero-order valence-corrected chi connectivity index (χ0v) is 19.6. The molecule has 2 amide bonds. The second-order valence-corrected chi connectivity index (χ2v) is 7.74. The highest BCUT2D eigenvalue weighted by molar-refractivity contribution is 9.10. The molecule has 0 spiro atoms. The molecule has 7 nitrogen and oxygen atoms in total. The smallest absolute Gasteiger partial charge is 0.279 e. The maximum absolute atomic E-state index is 12.3. The van der Waals surface area contributed by atoms with Gasteiger partial charge in [0.15, 0.2) is 11.2 Å². The lowest BCUT2D eigenvalue weighted by Gasteiger charge is -2.17. The number of rotatable bonds is 6. The molecule has 0 aliphatic rings. The van der Waals surface area contributed by atoms with Crippen molar-refractivity contribution in [2.75, 3.05) is 6.61 Å². The molecule has 0 heterocycles. The molecule has 9 heteroatoms. The van der Waals surface area contributed by atoms with Gasteiger partial charge in [0.1, 0.15) is 11.5 Å². The normalized spacial score (nSPS) is 11.2. The van der Waals surface area contributed by atoms with Crippen molar-refractivity contribution in [3.63, 3.8) is 0 Å². The molecule has 160 valence electrons. The zero-order valence-electron chi connectivity index (χ0n) is 17.2. The lowest BCUT2D eigenvalue weighted by atomic mass is 10.1. The Kier molecular flexibility index (Phi) is 8.61. The molecular weight excluding hydrogens is 470 g/mol. The van der Waals surface area contributed by atoms with Crippen molar-refractivity contribution in [3.8, 4) is 11.5 Å². The van der Waals surface area contributed by atoms with Crippen molar-refractivity contribution < 1.29 is 19.1 Å². The van der Waals surface area contributed by atoms with Crippen LogP contribution in [0.25, 0.3) is 0 Å². The predicted octanol–water partition coefficient (Wildman–Crippen LogP) is 3.57. The van der Waals surface area contributed by atoms with Crippen LogP contribution in [-0.2, 0) is 4.79 Å². The van der Waals surface area contributed by atoms with Gasteiger partial charge in [-0.25, -0.2) is 0 Å². The summed E-state index contributed by atoms with van der Waals surface area (Å²) in [5.74, 6) is 0.371. The highest BCUT2D eigenvalue weighted by atomic mass is 79.9. The Hall–Kier alpha value is -2.65. The quantitative estimate of drug-likeness (QED) is 0.421.